The third-order valence-electron chi connectivity index (χ3n) is 5.42. The molecule has 0 radical (unpaired) electrons. The largest absolute Gasteiger partial charge is 0.497 e. The molecule has 1 aliphatic rings. The molecule has 2 aromatic carbocycles. The minimum Gasteiger partial charge on any atom is -0.497 e. The molecule has 1 N–H and O–H groups in total. The van der Waals surface area contributed by atoms with Crippen LogP contribution in [0.2, 0.25) is 5.02 Å². The van der Waals surface area contributed by atoms with Crippen molar-refractivity contribution in [3.8, 4) is 5.75 Å². The van der Waals surface area contributed by atoms with Crippen LogP contribution in [0.4, 0.5) is 5.69 Å². The maximum Gasteiger partial charge on any atom is 0.252 e. The highest BCUT2D eigenvalue weighted by Gasteiger charge is 2.30. The number of piperazine rings is 1. The molecule has 0 saturated carbocycles. The quantitative estimate of drug-likeness (QED) is 0.527. The highest BCUT2D eigenvalue weighted by atomic mass is 35.5. The molecule has 2 heterocycles. The predicted octanol–water partition coefficient (Wildman–Crippen LogP) is 3.85. The van der Waals surface area contributed by atoms with Crippen molar-refractivity contribution in [2.75, 3.05) is 38.2 Å². The van der Waals surface area contributed by atoms with E-state index in [1.54, 1.807) is 43.5 Å². The van der Waals surface area contributed by atoms with Crippen LogP contribution in [-0.4, -0.2) is 51.9 Å². The maximum absolute atomic E-state index is 13.1. The Labute approximate surface area is 202 Å². The maximum atomic E-state index is 13.1. The predicted molar refractivity (Wildman–Crippen MR) is 131 cm³/mol. The summed E-state index contributed by atoms with van der Waals surface area (Å²) < 4.78 is 33.4. The Hall–Kier alpha value is -2.59. The summed E-state index contributed by atoms with van der Waals surface area (Å²) in [7, 11) is -1.95. The minimum absolute atomic E-state index is 0.238. The van der Waals surface area contributed by atoms with Crippen LogP contribution in [0.1, 0.15) is 15.2 Å². The fourth-order valence-electron chi connectivity index (χ4n) is 3.58. The molecule has 174 valence electrons. The number of anilines is 1. The number of sulfonamides is 1. The van der Waals surface area contributed by atoms with Crippen LogP contribution in [0.25, 0.3) is 0 Å². The molecule has 3 aromatic rings. The summed E-state index contributed by atoms with van der Waals surface area (Å²) >= 11 is 7.03. The Kier molecular flexibility index (Phi) is 7.23. The van der Waals surface area contributed by atoms with Gasteiger partial charge in [-0.25, -0.2) is 8.42 Å². The number of halogens is 1. The topological polar surface area (TPSA) is 79.0 Å². The number of hydrogen-bond acceptors (Lipinski definition) is 6. The van der Waals surface area contributed by atoms with Gasteiger partial charge in [0, 0.05) is 53.4 Å². The fourth-order valence-corrected chi connectivity index (χ4v) is 6.58. The molecule has 0 spiro atoms. The van der Waals surface area contributed by atoms with E-state index in [1.807, 2.05) is 24.3 Å². The van der Waals surface area contributed by atoms with E-state index in [4.69, 9.17) is 16.3 Å². The second-order valence-electron chi connectivity index (χ2n) is 7.50. The zero-order chi connectivity index (χ0) is 23.4. The zero-order valence-electron chi connectivity index (χ0n) is 18.0. The van der Waals surface area contributed by atoms with Gasteiger partial charge in [0.25, 0.3) is 15.9 Å². The van der Waals surface area contributed by atoms with E-state index in [9.17, 15) is 13.2 Å². The first kappa shape index (κ1) is 23.6. The summed E-state index contributed by atoms with van der Waals surface area (Å²) in [4.78, 5) is 15.2. The molecule has 1 amide bonds. The van der Waals surface area contributed by atoms with Gasteiger partial charge < -0.3 is 15.0 Å². The van der Waals surface area contributed by atoms with Crippen molar-refractivity contribution in [1.29, 1.82) is 0 Å². The lowest BCUT2D eigenvalue weighted by Crippen LogP contribution is -2.48. The molecule has 33 heavy (non-hydrogen) atoms. The van der Waals surface area contributed by atoms with E-state index in [1.165, 1.54) is 15.6 Å². The number of ether oxygens (including phenoxy) is 1. The third kappa shape index (κ3) is 5.50. The van der Waals surface area contributed by atoms with Crippen molar-refractivity contribution >= 4 is 44.6 Å². The zero-order valence-corrected chi connectivity index (χ0v) is 20.4. The van der Waals surface area contributed by atoms with Gasteiger partial charge in [0.05, 0.1) is 13.7 Å². The highest BCUT2D eigenvalue weighted by Crippen LogP contribution is 2.28. The highest BCUT2D eigenvalue weighted by molar-refractivity contribution is 7.91. The molecule has 4 rings (SSSR count). The molecular weight excluding hydrogens is 482 g/mol. The van der Waals surface area contributed by atoms with Gasteiger partial charge in [-0.3, -0.25) is 4.79 Å². The van der Waals surface area contributed by atoms with Gasteiger partial charge in [0.15, 0.2) is 0 Å². The Morgan fingerprint density at radius 1 is 1.06 bits per heavy atom. The van der Waals surface area contributed by atoms with Gasteiger partial charge in [0.1, 0.15) is 9.96 Å². The summed E-state index contributed by atoms with van der Waals surface area (Å²) in [6, 6.07) is 17.7. The summed E-state index contributed by atoms with van der Waals surface area (Å²) in [5, 5.41) is 3.37. The molecule has 0 aliphatic carbocycles. The smallest absolute Gasteiger partial charge is 0.252 e. The normalized spacial score (nSPS) is 14.8. The van der Waals surface area contributed by atoms with Gasteiger partial charge in [-0.15, -0.1) is 11.3 Å². The lowest BCUT2D eigenvalue weighted by Gasteiger charge is -2.35. The van der Waals surface area contributed by atoms with Crippen molar-refractivity contribution in [3.05, 3.63) is 76.1 Å². The number of methoxy groups -OCH3 is 1. The van der Waals surface area contributed by atoms with E-state index >= 15 is 0 Å². The first-order valence-electron chi connectivity index (χ1n) is 10.4. The summed E-state index contributed by atoms with van der Waals surface area (Å²) in [5.74, 6) is 0.537. The number of nitrogens with zero attached hydrogens (tertiary/aromatic N) is 2. The van der Waals surface area contributed by atoms with Crippen LogP contribution in [0.3, 0.4) is 0 Å². The summed E-state index contributed by atoms with van der Waals surface area (Å²) in [5.41, 5.74) is 1.51. The number of rotatable bonds is 7. The van der Waals surface area contributed by atoms with E-state index < -0.39 is 10.0 Å². The molecule has 1 fully saturated rings. The van der Waals surface area contributed by atoms with Crippen LogP contribution in [0.5, 0.6) is 5.75 Å². The van der Waals surface area contributed by atoms with Crippen molar-refractivity contribution in [2.24, 2.45) is 0 Å². The van der Waals surface area contributed by atoms with Crippen molar-refractivity contribution in [2.45, 2.75) is 10.8 Å². The number of amides is 1. The Balaban J connectivity index is 1.35. The molecule has 10 heteroatoms. The average molecular weight is 506 g/mol. The van der Waals surface area contributed by atoms with Crippen LogP contribution < -0.4 is 15.0 Å². The fraction of sp³-hybridized carbons (Fsp3) is 0.261. The Morgan fingerprint density at radius 3 is 2.48 bits per heavy atom. The van der Waals surface area contributed by atoms with Crippen LogP contribution in [-0.2, 0) is 16.6 Å². The van der Waals surface area contributed by atoms with Crippen LogP contribution in [0.15, 0.2) is 64.9 Å². The lowest BCUT2D eigenvalue weighted by atomic mass is 10.2. The number of carbonyl (C=O) groups excluding carboxylic acids is 1. The minimum atomic E-state index is -3.58. The molecule has 1 aliphatic heterocycles. The Morgan fingerprint density at radius 2 is 1.79 bits per heavy atom. The summed E-state index contributed by atoms with van der Waals surface area (Å²) in [6.07, 6.45) is 0. The standard InChI is InChI=1S/C23H24ClN3O4S2/c1-31-20-4-2-3-19(15-20)26-11-13-27(14-12-26)33(29,30)22-10-9-21(32-22)16-25-23(28)17-5-7-18(24)8-6-17/h2-10,15H,11-14,16H2,1H3,(H,25,28). The molecule has 7 nitrogen and oxygen atoms in total. The first-order chi connectivity index (χ1) is 15.9. The number of benzene rings is 2. The van der Waals surface area contributed by atoms with Crippen LogP contribution >= 0.6 is 22.9 Å². The second-order valence-corrected chi connectivity index (χ2v) is 11.3. The number of thiophene rings is 1. The monoisotopic (exact) mass is 505 g/mol. The molecular formula is C23H24ClN3O4S2. The van der Waals surface area contributed by atoms with E-state index in [-0.39, 0.29) is 16.7 Å². The van der Waals surface area contributed by atoms with Gasteiger partial charge in [-0.1, -0.05) is 17.7 Å². The van der Waals surface area contributed by atoms with Gasteiger partial charge in [0.2, 0.25) is 0 Å². The van der Waals surface area contributed by atoms with Crippen molar-refractivity contribution in [3.63, 3.8) is 0 Å². The molecule has 0 atom stereocenters. The summed E-state index contributed by atoms with van der Waals surface area (Å²) in [6.45, 7) is 2.26. The SMILES string of the molecule is COc1cccc(N2CCN(S(=O)(=O)c3ccc(CNC(=O)c4ccc(Cl)cc4)s3)CC2)c1. The number of hydrogen-bond donors (Lipinski definition) is 1. The first-order valence-corrected chi connectivity index (χ1v) is 13.0. The molecule has 0 bridgehead atoms. The molecule has 1 aromatic heterocycles. The van der Waals surface area contributed by atoms with E-state index in [2.05, 4.69) is 10.2 Å². The number of carbonyl (C=O) groups is 1. The van der Waals surface area contributed by atoms with Crippen molar-refractivity contribution < 1.29 is 17.9 Å². The molecule has 0 unspecified atom stereocenters. The number of nitrogens with one attached hydrogen (secondary N) is 1. The third-order valence-corrected chi connectivity index (χ3v) is 9.12. The van der Waals surface area contributed by atoms with Gasteiger partial charge in [-0.05, 0) is 48.5 Å². The van der Waals surface area contributed by atoms with Gasteiger partial charge in [-0.2, -0.15) is 4.31 Å². The second kappa shape index (κ2) is 10.1. The lowest BCUT2D eigenvalue weighted by molar-refractivity contribution is 0.0951. The van der Waals surface area contributed by atoms with E-state index in [0.29, 0.717) is 36.8 Å². The average Bonchev–Trinajstić information content (AvgIpc) is 3.33. The van der Waals surface area contributed by atoms with E-state index in [0.717, 1.165) is 16.3 Å². The van der Waals surface area contributed by atoms with Gasteiger partial charge >= 0.3 is 0 Å². The van der Waals surface area contributed by atoms with Crippen molar-refractivity contribution in [1.82, 2.24) is 9.62 Å². The van der Waals surface area contributed by atoms with Crippen LogP contribution in [0, 0.1) is 0 Å². The Bertz CT molecular complexity index is 1220. The molecule has 1 saturated heterocycles.